The molecule has 0 radical (unpaired) electrons. The fourth-order valence-corrected chi connectivity index (χ4v) is 4.26. The van der Waals surface area contributed by atoms with Gasteiger partial charge in [0.15, 0.2) is 11.5 Å². The van der Waals surface area contributed by atoms with E-state index < -0.39 is 20.8 Å². The van der Waals surface area contributed by atoms with Gasteiger partial charge in [-0.05, 0) is 38.9 Å². The Morgan fingerprint density at radius 3 is 2.61 bits per heavy atom. The largest absolute Gasteiger partial charge is 0.617 e. The van der Waals surface area contributed by atoms with Crippen molar-refractivity contribution in [2.45, 2.75) is 19.8 Å². The number of sulfonamides is 1. The summed E-state index contributed by atoms with van der Waals surface area (Å²) in [6.07, 6.45) is 0.917. The van der Waals surface area contributed by atoms with Crippen molar-refractivity contribution in [3.8, 4) is 11.5 Å². The molecule has 0 saturated carbocycles. The summed E-state index contributed by atoms with van der Waals surface area (Å²) in [6.45, 7) is 3.74. The van der Waals surface area contributed by atoms with E-state index in [1.807, 2.05) is 0 Å². The molecule has 1 aromatic heterocycles. The molecule has 1 saturated heterocycles. The monoisotopic (exact) mass is 453 g/mol. The first-order chi connectivity index (χ1) is 14.6. The molecule has 2 aromatic rings. The minimum atomic E-state index is -3.23. The number of rotatable bonds is 8. The van der Waals surface area contributed by atoms with Gasteiger partial charge in [0.05, 0.1) is 12.8 Å². The topological polar surface area (TPSA) is 149 Å². The Bertz CT molecular complexity index is 1020. The smallest absolute Gasteiger partial charge is 0.518 e. The zero-order chi connectivity index (χ0) is 22.6. The predicted octanol–water partition coefficient (Wildman–Crippen LogP) is 1.79. The molecular weight excluding hydrogens is 426 g/mol. The number of likely N-dealkylation sites (tertiary alicyclic amines) is 1. The van der Waals surface area contributed by atoms with Crippen LogP contribution in [0.25, 0.3) is 11.5 Å². The number of hydroxylamine groups is 2. The summed E-state index contributed by atoms with van der Waals surface area (Å²) in [5.41, 5.74) is 0.364. The third-order valence-corrected chi connectivity index (χ3v) is 6.10. The first-order valence-corrected chi connectivity index (χ1v) is 11.9. The summed E-state index contributed by atoms with van der Waals surface area (Å²) in [5, 5.41) is 27.2. The van der Waals surface area contributed by atoms with Crippen molar-refractivity contribution in [3.05, 3.63) is 35.3 Å². The number of nitrogens with one attached hydrogen (secondary N) is 1. The lowest BCUT2D eigenvalue weighted by Gasteiger charge is -2.41. The average molecular weight is 454 g/mol. The third-order valence-electron chi connectivity index (χ3n) is 5.37. The lowest BCUT2D eigenvalue weighted by molar-refractivity contribution is 0.137. The maximum atomic E-state index is 13.6. The number of quaternary nitrogens is 1. The molecule has 2 heterocycles. The molecule has 0 spiro atoms. The Labute approximate surface area is 180 Å². The van der Waals surface area contributed by atoms with Crippen LogP contribution in [0.3, 0.4) is 0 Å². The van der Waals surface area contributed by atoms with Crippen LogP contribution in [0.4, 0.5) is 10.5 Å². The van der Waals surface area contributed by atoms with E-state index in [2.05, 4.69) is 19.8 Å². The number of aromatic nitrogens is 2. The van der Waals surface area contributed by atoms with Crippen molar-refractivity contribution in [1.82, 2.24) is 24.4 Å². The highest BCUT2D eigenvalue weighted by atomic mass is 32.2. The number of benzene rings is 1. The molecule has 170 valence electrons. The molecule has 1 aromatic carbocycles. The Morgan fingerprint density at radius 2 is 2.03 bits per heavy atom. The fourth-order valence-electron chi connectivity index (χ4n) is 3.80. The first kappa shape index (κ1) is 23.3. The third kappa shape index (κ3) is 5.86. The number of aryl methyl sites for hydroxylation is 1. The number of nitrogens with zero attached hydrogens (tertiary/aromatic N) is 4. The molecule has 0 bridgehead atoms. The van der Waals surface area contributed by atoms with Crippen LogP contribution in [0, 0.1) is 18.0 Å². The van der Waals surface area contributed by atoms with Gasteiger partial charge < -0.3 is 19.7 Å². The van der Waals surface area contributed by atoms with Crippen molar-refractivity contribution in [3.63, 3.8) is 0 Å². The highest BCUT2D eigenvalue weighted by molar-refractivity contribution is 7.88. The number of hydrogen-bond acceptors (Lipinski definition) is 8. The van der Waals surface area contributed by atoms with Crippen LogP contribution in [-0.4, -0.2) is 73.6 Å². The number of carbonyl (C=O) groups is 1. The molecule has 1 amide bonds. The van der Waals surface area contributed by atoms with Crippen molar-refractivity contribution in [2.24, 2.45) is 5.92 Å². The summed E-state index contributed by atoms with van der Waals surface area (Å²) in [6, 6.07) is 6.40. The van der Waals surface area contributed by atoms with E-state index >= 15 is 0 Å². The van der Waals surface area contributed by atoms with E-state index in [0.717, 1.165) is 6.26 Å². The molecule has 1 aliphatic heterocycles. The van der Waals surface area contributed by atoms with Crippen LogP contribution in [-0.2, 0) is 10.0 Å². The second kappa shape index (κ2) is 9.40. The number of amides is 1. The average Bonchev–Trinajstić information content (AvgIpc) is 3.14. The molecule has 1 aliphatic rings. The molecule has 2 N–H and O–H groups in total. The molecular formula is C19H27N5O6S. The molecule has 0 aliphatic carbocycles. The first-order valence-electron chi connectivity index (χ1n) is 9.98. The number of para-hydroxylation sites is 1. The van der Waals surface area contributed by atoms with Gasteiger partial charge in [-0.2, -0.15) is 9.78 Å². The van der Waals surface area contributed by atoms with E-state index in [-0.39, 0.29) is 24.0 Å². The van der Waals surface area contributed by atoms with Gasteiger partial charge in [0.25, 0.3) is 5.89 Å². The van der Waals surface area contributed by atoms with E-state index in [1.165, 1.54) is 6.07 Å². The Morgan fingerprint density at radius 1 is 1.35 bits per heavy atom. The van der Waals surface area contributed by atoms with Gasteiger partial charge in [0, 0.05) is 25.1 Å². The van der Waals surface area contributed by atoms with Crippen LogP contribution < -0.4 is 9.37 Å². The summed E-state index contributed by atoms with van der Waals surface area (Å²) in [7, 11) is -3.23. The van der Waals surface area contributed by atoms with Gasteiger partial charge in [0.2, 0.25) is 10.0 Å². The standard InChI is InChI=1S/C19H27N5O6S/c1-14-21-18(30-22-14)16-5-3-4-6-17(16)24(27,19(25)26)13-15-7-10-23(11-8-15)12-9-20-31(2,28)29/h3-6,15,20H,7-13H2,1-2H3,(H,25,26). The summed E-state index contributed by atoms with van der Waals surface area (Å²) >= 11 is 0. The normalized spacial score (nSPS) is 18.0. The fraction of sp³-hybridized carbons (Fsp3) is 0.526. The van der Waals surface area contributed by atoms with Crippen molar-refractivity contribution >= 4 is 21.8 Å². The van der Waals surface area contributed by atoms with Gasteiger partial charge in [-0.15, -0.1) is 0 Å². The zero-order valence-electron chi connectivity index (χ0n) is 17.5. The van der Waals surface area contributed by atoms with Gasteiger partial charge in [-0.25, -0.2) is 17.8 Å². The van der Waals surface area contributed by atoms with Crippen molar-refractivity contribution < 1.29 is 22.8 Å². The van der Waals surface area contributed by atoms with E-state index in [0.29, 0.717) is 50.4 Å². The molecule has 1 atom stereocenters. The van der Waals surface area contributed by atoms with Gasteiger partial charge in [0.1, 0.15) is 5.56 Å². The predicted molar refractivity (Wildman–Crippen MR) is 115 cm³/mol. The maximum absolute atomic E-state index is 13.6. The Hall–Kier alpha value is -2.38. The summed E-state index contributed by atoms with van der Waals surface area (Å²) in [4.78, 5) is 18.3. The minimum Gasteiger partial charge on any atom is -0.617 e. The van der Waals surface area contributed by atoms with Crippen LogP contribution in [0.15, 0.2) is 28.8 Å². The number of carboxylic acid groups (broad SMARTS) is 1. The van der Waals surface area contributed by atoms with Crippen LogP contribution >= 0.6 is 0 Å². The summed E-state index contributed by atoms with van der Waals surface area (Å²) < 4.78 is 28.5. The molecule has 1 unspecified atom stereocenters. The molecule has 1 fully saturated rings. The van der Waals surface area contributed by atoms with E-state index in [1.54, 1.807) is 25.1 Å². The van der Waals surface area contributed by atoms with Gasteiger partial charge >= 0.3 is 6.09 Å². The number of hydrogen-bond donors (Lipinski definition) is 2. The van der Waals surface area contributed by atoms with Gasteiger partial charge in [-0.1, -0.05) is 17.3 Å². The second-order valence-electron chi connectivity index (χ2n) is 7.82. The Kier molecular flexibility index (Phi) is 7.06. The quantitative estimate of drug-likeness (QED) is 0.450. The minimum absolute atomic E-state index is 0.0541. The molecule has 3 rings (SSSR count). The van der Waals surface area contributed by atoms with Crippen molar-refractivity contribution in [1.29, 1.82) is 0 Å². The molecule has 11 nitrogen and oxygen atoms in total. The van der Waals surface area contributed by atoms with Crippen molar-refractivity contribution in [2.75, 3.05) is 39.0 Å². The van der Waals surface area contributed by atoms with Crippen LogP contribution in [0.5, 0.6) is 0 Å². The van der Waals surface area contributed by atoms with E-state index in [4.69, 9.17) is 4.52 Å². The van der Waals surface area contributed by atoms with Crippen LogP contribution in [0.1, 0.15) is 18.7 Å². The lowest BCUT2D eigenvalue weighted by atomic mass is 9.95. The Balaban J connectivity index is 1.71. The highest BCUT2D eigenvalue weighted by Gasteiger charge is 2.37. The maximum Gasteiger partial charge on any atom is 0.518 e. The molecule has 31 heavy (non-hydrogen) atoms. The summed E-state index contributed by atoms with van der Waals surface area (Å²) in [5.74, 6) is 0.410. The van der Waals surface area contributed by atoms with E-state index in [9.17, 15) is 23.5 Å². The SMILES string of the molecule is Cc1noc(-c2ccccc2[N+]([O-])(CC2CCN(CCNS(C)(=O)=O)CC2)C(=O)O)n1. The molecule has 12 heteroatoms. The van der Waals surface area contributed by atoms with Crippen LogP contribution in [0.2, 0.25) is 0 Å². The zero-order valence-corrected chi connectivity index (χ0v) is 18.3. The highest BCUT2D eigenvalue weighted by Crippen LogP contribution is 2.36. The lowest BCUT2D eigenvalue weighted by Crippen LogP contribution is -2.53. The van der Waals surface area contributed by atoms with Gasteiger partial charge in [-0.3, -0.25) is 0 Å². The second-order valence-corrected chi connectivity index (χ2v) is 9.65. The number of piperidine rings is 1.